The van der Waals surface area contributed by atoms with E-state index in [2.05, 4.69) is 17.3 Å². The number of hydrogen-bond acceptors (Lipinski definition) is 4. The number of urea groups is 1. The van der Waals surface area contributed by atoms with Gasteiger partial charge in [-0.2, -0.15) is 0 Å². The highest BCUT2D eigenvalue weighted by Gasteiger charge is 2.35. The van der Waals surface area contributed by atoms with Crippen molar-refractivity contribution in [1.29, 1.82) is 0 Å². The number of fused-ring (bicyclic) bond motifs is 1. The van der Waals surface area contributed by atoms with Crippen LogP contribution in [0.4, 0.5) is 4.79 Å². The van der Waals surface area contributed by atoms with Crippen LogP contribution in [0, 0.1) is 5.92 Å². The predicted octanol–water partition coefficient (Wildman–Crippen LogP) is 0.675. The van der Waals surface area contributed by atoms with Gasteiger partial charge in [-0.3, -0.25) is 4.79 Å². The maximum Gasteiger partial charge on any atom is 0.325 e. The van der Waals surface area contributed by atoms with E-state index in [0.29, 0.717) is 18.6 Å². The zero-order valence-electron chi connectivity index (χ0n) is 12.4. The Hall–Kier alpha value is -1.30. The Kier molecular flexibility index (Phi) is 5.23. The molecule has 1 N–H and O–H groups in total. The number of esters is 1. The largest absolute Gasteiger partial charge is 0.465 e. The smallest absolute Gasteiger partial charge is 0.325 e. The van der Waals surface area contributed by atoms with Crippen molar-refractivity contribution < 1.29 is 14.3 Å². The summed E-state index contributed by atoms with van der Waals surface area (Å²) in [4.78, 5) is 27.5. The van der Waals surface area contributed by atoms with Gasteiger partial charge in [0.25, 0.3) is 0 Å². The highest BCUT2D eigenvalue weighted by atomic mass is 16.5. The monoisotopic (exact) mass is 283 g/mol. The third-order valence-electron chi connectivity index (χ3n) is 4.32. The van der Waals surface area contributed by atoms with Crippen LogP contribution >= 0.6 is 0 Å². The normalized spacial score (nSPS) is 26.8. The third kappa shape index (κ3) is 3.62. The SMILES string of the molecule is CCOC(=O)CNC(=O)N1CCC2C(CCCN2C)C1. The maximum atomic E-state index is 12.1. The van der Waals surface area contributed by atoms with E-state index in [0.717, 1.165) is 26.1 Å². The van der Waals surface area contributed by atoms with Gasteiger partial charge in [-0.1, -0.05) is 0 Å². The van der Waals surface area contributed by atoms with E-state index in [4.69, 9.17) is 4.74 Å². The number of rotatable bonds is 3. The van der Waals surface area contributed by atoms with Gasteiger partial charge in [0, 0.05) is 19.1 Å². The molecule has 114 valence electrons. The first-order valence-electron chi connectivity index (χ1n) is 7.50. The molecular formula is C14H25N3O3. The zero-order chi connectivity index (χ0) is 14.5. The molecule has 6 heteroatoms. The molecular weight excluding hydrogens is 258 g/mol. The summed E-state index contributed by atoms with van der Waals surface area (Å²) in [5, 5.41) is 2.64. The van der Waals surface area contributed by atoms with E-state index in [1.807, 2.05) is 4.90 Å². The van der Waals surface area contributed by atoms with Crippen LogP contribution in [0.1, 0.15) is 26.2 Å². The molecule has 2 aliphatic rings. The fourth-order valence-electron chi connectivity index (χ4n) is 3.31. The second-order valence-electron chi connectivity index (χ2n) is 5.65. The van der Waals surface area contributed by atoms with Crippen molar-refractivity contribution >= 4 is 12.0 Å². The second kappa shape index (κ2) is 6.92. The topological polar surface area (TPSA) is 61.9 Å². The Balaban J connectivity index is 1.79. The molecule has 2 unspecified atom stereocenters. The van der Waals surface area contributed by atoms with Crippen LogP contribution in [-0.2, 0) is 9.53 Å². The van der Waals surface area contributed by atoms with Gasteiger partial charge >= 0.3 is 12.0 Å². The minimum Gasteiger partial charge on any atom is -0.465 e. The van der Waals surface area contributed by atoms with Crippen molar-refractivity contribution in [3.05, 3.63) is 0 Å². The summed E-state index contributed by atoms with van der Waals surface area (Å²) in [5.41, 5.74) is 0. The molecule has 20 heavy (non-hydrogen) atoms. The lowest BCUT2D eigenvalue weighted by Crippen LogP contribution is -2.56. The first-order valence-corrected chi connectivity index (χ1v) is 7.50. The van der Waals surface area contributed by atoms with E-state index in [1.165, 1.54) is 12.8 Å². The average Bonchev–Trinajstić information content (AvgIpc) is 2.45. The molecule has 2 fully saturated rings. The summed E-state index contributed by atoms with van der Waals surface area (Å²) in [6.45, 7) is 4.77. The van der Waals surface area contributed by atoms with Gasteiger partial charge in [-0.25, -0.2) is 4.79 Å². The Bertz CT molecular complexity index is 362. The molecule has 0 aromatic carbocycles. The number of amides is 2. The number of carbonyl (C=O) groups excluding carboxylic acids is 2. The van der Waals surface area contributed by atoms with Crippen molar-refractivity contribution in [2.45, 2.75) is 32.2 Å². The molecule has 2 amide bonds. The lowest BCUT2D eigenvalue weighted by molar-refractivity contribution is -0.141. The lowest BCUT2D eigenvalue weighted by Gasteiger charge is -2.45. The zero-order valence-corrected chi connectivity index (χ0v) is 12.4. The molecule has 2 rings (SSSR count). The average molecular weight is 283 g/mol. The number of hydrogen-bond donors (Lipinski definition) is 1. The van der Waals surface area contributed by atoms with Crippen LogP contribution in [0.2, 0.25) is 0 Å². The van der Waals surface area contributed by atoms with Crippen LogP contribution < -0.4 is 5.32 Å². The molecule has 0 radical (unpaired) electrons. The van der Waals surface area contributed by atoms with Gasteiger partial charge in [-0.15, -0.1) is 0 Å². The van der Waals surface area contributed by atoms with Crippen molar-refractivity contribution in [3.8, 4) is 0 Å². The van der Waals surface area contributed by atoms with Gasteiger partial charge in [-0.05, 0) is 45.7 Å². The first-order chi connectivity index (χ1) is 9.61. The van der Waals surface area contributed by atoms with Crippen LogP contribution in [0.5, 0.6) is 0 Å². The number of nitrogens with zero attached hydrogens (tertiary/aromatic N) is 2. The molecule has 0 spiro atoms. The summed E-state index contributed by atoms with van der Waals surface area (Å²) in [5.74, 6) is 0.184. The summed E-state index contributed by atoms with van der Waals surface area (Å²) < 4.78 is 4.80. The Morgan fingerprint density at radius 3 is 2.85 bits per heavy atom. The quantitative estimate of drug-likeness (QED) is 0.774. The molecule has 0 aliphatic carbocycles. The van der Waals surface area contributed by atoms with Crippen LogP contribution in [0.25, 0.3) is 0 Å². The molecule has 2 heterocycles. The van der Waals surface area contributed by atoms with Crippen molar-refractivity contribution in [2.24, 2.45) is 5.92 Å². The molecule has 2 saturated heterocycles. The van der Waals surface area contributed by atoms with E-state index in [-0.39, 0.29) is 18.5 Å². The molecule has 0 aromatic heterocycles. The molecule has 0 bridgehead atoms. The fourth-order valence-corrected chi connectivity index (χ4v) is 3.31. The van der Waals surface area contributed by atoms with Gasteiger partial charge in [0.2, 0.25) is 0 Å². The predicted molar refractivity (Wildman–Crippen MR) is 75.4 cm³/mol. The standard InChI is InChI=1S/C14H25N3O3/c1-3-20-13(18)9-15-14(19)17-8-6-12-11(10-17)5-4-7-16(12)2/h11-12H,3-10H2,1-2H3,(H,15,19). The second-order valence-corrected chi connectivity index (χ2v) is 5.65. The Labute approximate surface area is 120 Å². The minimum atomic E-state index is -0.381. The van der Waals surface area contributed by atoms with Crippen molar-refractivity contribution in [1.82, 2.24) is 15.1 Å². The highest BCUT2D eigenvalue weighted by molar-refractivity contribution is 5.80. The van der Waals surface area contributed by atoms with E-state index in [1.54, 1.807) is 6.92 Å². The van der Waals surface area contributed by atoms with Crippen LogP contribution in [0.3, 0.4) is 0 Å². The number of ether oxygens (including phenoxy) is 1. The lowest BCUT2D eigenvalue weighted by atomic mass is 9.84. The summed E-state index contributed by atoms with van der Waals surface area (Å²) in [6.07, 6.45) is 3.42. The maximum absolute atomic E-state index is 12.1. The third-order valence-corrected chi connectivity index (χ3v) is 4.32. The van der Waals surface area contributed by atoms with Crippen molar-refractivity contribution in [2.75, 3.05) is 39.8 Å². The van der Waals surface area contributed by atoms with E-state index < -0.39 is 0 Å². The molecule has 0 saturated carbocycles. The fraction of sp³-hybridized carbons (Fsp3) is 0.857. The highest BCUT2D eigenvalue weighted by Crippen LogP contribution is 2.29. The molecule has 2 aliphatic heterocycles. The molecule has 6 nitrogen and oxygen atoms in total. The Morgan fingerprint density at radius 2 is 2.10 bits per heavy atom. The van der Waals surface area contributed by atoms with Gasteiger partial charge in [0.1, 0.15) is 6.54 Å². The van der Waals surface area contributed by atoms with Crippen LogP contribution in [0.15, 0.2) is 0 Å². The number of likely N-dealkylation sites (tertiary alicyclic amines) is 2. The van der Waals surface area contributed by atoms with E-state index >= 15 is 0 Å². The Morgan fingerprint density at radius 1 is 1.30 bits per heavy atom. The van der Waals surface area contributed by atoms with Gasteiger partial charge in [0.05, 0.1) is 6.61 Å². The number of nitrogens with one attached hydrogen (secondary N) is 1. The number of piperidine rings is 2. The molecule has 2 atom stereocenters. The van der Waals surface area contributed by atoms with Crippen LogP contribution in [-0.4, -0.2) is 67.7 Å². The minimum absolute atomic E-state index is 0.0445. The van der Waals surface area contributed by atoms with Gasteiger partial charge < -0.3 is 19.9 Å². The summed E-state index contributed by atoms with van der Waals surface area (Å²) in [6, 6.07) is 0.461. The van der Waals surface area contributed by atoms with E-state index in [9.17, 15) is 9.59 Å². The van der Waals surface area contributed by atoms with Gasteiger partial charge in [0.15, 0.2) is 0 Å². The molecule has 0 aromatic rings. The summed E-state index contributed by atoms with van der Waals surface area (Å²) >= 11 is 0. The number of carbonyl (C=O) groups is 2. The van der Waals surface area contributed by atoms with Crippen molar-refractivity contribution in [3.63, 3.8) is 0 Å². The first kappa shape index (κ1) is 15.1. The summed E-state index contributed by atoms with van der Waals surface area (Å²) in [7, 11) is 2.17.